The van der Waals surface area contributed by atoms with Crippen LogP contribution in [0.3, 0.4) is 0 Å². The molecule has 0 aromatic carbocycles. The average molecular weight is 250 g/mol. The minimum absolute atomic E-state index is 0.282. The van der Waals surface area contributed by atoms with Gasteiger partial charge in [-0.1, -0.05) is 11.6 Å². The SMILES string of the molecule is COC(=O)c1cc(Br)ncc1Cl. The van der Waals surface area contributed by atoms with Crippen LogP contribution in [0.4, 0.5) is 0 Å². The van der Waals surface area contributed by atoms with Crippen LogP contribution >= 0.6 is 27.5 Å². The number of esters is 1. The van der Waals surface area contributed by atoms with Crippen LogP contribution in [-0.2, 0) is 4.74 Å². The Morgan fingerprint density at radius 3 is 3.00 bits per heavy atom. The molecule has 0 N–H and O–H groups in total. The number of rotatable bonds is 1. The molecule has 1 aromatic rings. The summed E-state index contributed by atoms with van der Waals surface area (Å²) in [6.45, 7) is 0. The van der Waals surface area contributed by atoms with Crippen molar-refractivity contribution in [1.82, 2.24) is 4.98 Å². The molecule has 0 unspecified atom stereocenters. The van der Waals surface area contributed by atoms with E-state index in [1.165, 1.54) is 19.4 Å². The molecular weight excluding hydrogens is 245 g/mol. The number of carbonyl (C=O) groups is 1. The fourth-order valence-electron chi connectivity index (χ4n) is 0.680. The highest BCUT2D eigenvalue weighted by molar-refractivity contribution is 9.10. The van der Waals surface area contributed by atoms with Crippen LogP contribution in [0.25, 0.3) is 0 Å². The number of pyridine rings is 1. The first kappa shape index (κ1) is 9.48. The topological polar surface area (TPSA) is 39.2 Å². The van der Waals surface area contributed by atoms with Crippen molar-refractivity contribution in [1.29, 1.82) is 0 Å². The second-order valence-electron chi connectivity index (χ2n) is 1.98. The van der Waals surface area contributed by atoms with Gasteiger partial charge >= 0.3 is 5.97 Å². The minimum Gasteiger partial charge on any atom is -0.465 e. The molecule has 3 nitrogen and oxygen atoms in total. The quantitative estimate of drug-likeness (QED) is 0.567. The number of carbonyl (C=O) groups excluding carboxylic acids is 1. The van der Waals surface area contributed by atoms with E-state index in [0.29, 0.717) is 10.2 Å². The lowest BCUT2D eigenvalue weighted by molar-refractivity contribution is 0.0600. The maximum Gasteiger partial charge on any atom is 0.339 e. The molecular formula is C7H5BrClNO2. The van der Waals surface area contributed by atoms with Crippen molar-refractivity contribution in [2.45, 2.75) is 0 Å². The number of aromatic nitrogens is 1. The van der Waals surface area contributed by atoms with Gasteiger partial charge in [-0.15, -0.1) is 0 Å². The van der Waals surface area contributed by atoms with Gasteiger partial charge in [-0.25, -0.2) is 9.78 Å². The Morgan fingerprint density at radius 1 is 1.75 bits per heavy atom. The molecule has 0 bridgehead atoms. The molecule has 0 spiro atoms. The van der Waals surface area contributed by atoms with Crippen molar-refractivity contribution in [2.24, 2.45) is 0 Å². The summed E-state index contributed by atoms with van der Waals surface area (Å²) in [5.41, 5.74) is 0.307. The Balaban J connectivity index is 3.13. The summed E-state index contributed by atoms with van der Waals surface area (Å²) in [5, 5.41) is 0.282. The van der Waals surface area contributed by atoms with Crippen LogP contribution < -0.4 is 0 Å². The first-order valence-corrected chi connectivity index (χ1v) is 4.21. The summed E-state index contributed by atoms with van der Waals surface area (Å²) in [5.74, 6) is -0.469. The zero-order valence-corrected chi connectivity index (χ0v) is 8.52. The highest BCUT2D eigenvalue weighted by Crippen LogP contribution is 2.18. The number of hydrogen-bond acceptors (Lipinski definition) is 3. The molecule has 0 fully saturated rings. The van der Waals surface area contributed by atoms with Crippen LogP contribution in [0.1, 0.15) is 10.4 Å². The molecule has 0 saturated heterocycles. The summed E-state index contributed by atoms with van der Waals surface area (Å²) in [6.07, 6.45) is 1.39. The monoisotopic (exact) mass is 249 g/mol. The summed E-state index contributed by atoms with van der Waals surface area (Å²) in [4.78, 5) is 14.9. The highest BCUT2D eigenvalue weighted by Gasteiger charge is 2.10. The van der Waals surface area contributed by atoms with E-state index < -0.39 is 5.97 Å². The van der Waals surface area contributed by atoms with E-state index in [1.807, 2.05) is 0 Å². The number of methoxy groups -OCH3 is 1. The normalized spacial score (nSPS) is 9.58. The summed E-state index contributed by atoms with van der Waals surface area (Å²) < 4.78 is 5.05. The van der Waals surface area contributed by atoms with Gasteiger partial charge in [0.2, 0.25) is 0 Å². The molecule has 0 aliphatic carbocycles. The Hall–Kier alpha value is -0.610. The third-order valence-electron chi connectivity index (χ3n) is 1.23. The maximum absolute atomic E-state index is 11.0. The molecule has 0 saturated carbocycles. The van der Waals surface area contributed by atoms with E-state index in [1.54, 1.807) is 0 Å². The highest BCUT2D eigenvalue weighted by atomic mass is 79.9. The van der Waals surface area contributed by atoms with Gasteiger partial charge in [0.05, 0.1) is 17.7 Å². The molecule has 12 heavy (non-hydrogen) atoms. The van der Waals surface area contributed by atoms with E-state index >= 15 is 0 Å². The van der Waals surface area contributed by atoms with Crippen LogP contribution in [-0.4, -0.2) is 18.1 Å². The number of nitrogens with zero attached hydrogens (tertiary/aromatic N) is 1. The van der Waals surface area contributed by atoms with Crippen LogP contribution in [0.2, 0.25) is 5.02 Å². The third kappa shape index (κ3) is 1.95. The number of ether oxygens (including phenoxy) is 1. The first-order valence-electron chi connectivity index (χ1n) is 3.04. The average Bonchev–Trinajstić information content (AvgIpc) is 2.08. The van der Waals surface area contributed by atoms with Crippen molar-refractivity contribution in [3.63, 3.8) is 0 Å². The molecule has 1 aromatic heterocycles. The predicted molar refractivity (Wildman–Crippen MR) is 48.3 cm³/mol. The molecule has 1 rings (SSSR count). The van der Waals surface area contributed by atoms with Gasteiger partial charge in [0.15, 0.2) is 0 Å². The van der Waals surface area contributed by atoms with Crippen LogP contribution in [0, 0.1) is 0 Å². The van der Waals surface area contributed by atoms with E-state index in [9.17, 15) is 4.79 Å². The predicted octanol–water partition coefficient (Wildman–Crippen LogP) is 2.28. The van der Waals surface area contributed by atoms with E-state index in [0.717, 1.165) is 0 Å². The Labute approximate surface area is 82.8 Å². The van der Waals surface area contributed by atoms with Gasteiger partial charge in [0.1, 0.15) is 4.60 Å². The van der Waals surface area contributed by atoms with Crippen LogP contribution in [0.5, 0.6) is 0 Å². The molecule has 1 heterocycles. The van der Waals surface area contributed by atoms with Crippen molar-refractivity contribution >= 4 is 33.5 Å². The smallest absolute Gasteiger partial charge is 0.339 e. The van der Waals surface area contributed by atoms with E-state index in [4.69, 9.17) is 11.6 Å². The number of hydrogen-bond donors (Lipinski definition) is 0. The largest absolute Gasteiger partial charge is 0.465 e. The summed E-state index contributed by atoms with van der Waals surface area (Å²) >= 11 is 8.80. The molecule has 0 aliphatic heterocycles. The second kappa shape index (κ2) is 3.87. The maximum atomic E-state index is 11.0. The lowest BCUT2D eigenvalue weighted by Gasteiger charge is -2.00. The Morgan fingerprint density at radius 2 is 2.42 bits per heavy atom. The van der Waals surface area contributed by atoms with Crippen molar-refractivity contribution in [2.75, 3.05) is 7.11 Å². The third-order valence-corrected chi connectivity index (χ3v) is 1.96. The Kier molecular flexibility index (Phi) is 3.05. The van der Waals surface area contributed by atoms with Gasteiger partial charge in [-0.05, 0) is 22.0 Å². The van der Waals surface area contributed by atoms with Gasteiger partial charge in [-0.2, -0.15) is 0 Å². The molecule has 0 radical (unpaired) electrons. The van der Waals surface area contributed by atoms with E-state index in [-0.39, 0.29) is 5.02 Å². The molecule has 0 atom stereocenters. The van der Waals surface area contributed by atoms with Gasteiger partial charge < -0.3 is 4.74 Å². The molecule has 0 aliphatic rings. The zero-order chi connectivity index (χ0) is 9.14. The fraction of sp³-hybridized carbons (Fsp3) is 0.143. The minimum atomic E-state index is -0.469. The zero-order valence-electron chi connectivity index (χ0n) is 6.17. The first-order chi connectivity index (χ1) is 5.65. The Bertz CT molecular complexity index is 316. The summed E-state index contributed by atoms with van der Waals surface area (Å²) in [6, 6.07) is 1.51. The second-order valence-corrected chi connectivity index (χ2v) is 3.20. The molecule has 0 amide bonds. The molecule has 64 valence electrons. The van der Waals surface area contributed by atoms with Crippen molar-refractivity contribution in [3.05, 3.63) is 27.5 Å². The number of halogens is 2. The standard InChI is InChI=1S/C7H5BrClNO2/c1-12-7(11)4-2-6(8)10-3-5(4)9/h2-3H,1H3. The van der Waals surface area contributed by atoms with Gasteiger partial charge in [-0.3, -0.25) is 0 Å². The van der Waals surface area contributed by atoms with E-state index in [2.05, 4.69) is 25.7 Å². The van der Waals surface area contributed by atoms with Crippen molar-refractivity contribution in [3.8, 4) is 0 Å². The van der Waals surface area contributed by atoms with Crippen molar-refractivity contribution < 1.29 is 9.53 Å². The van der Waals surface area contributed by atoms with Gasteiger partial charge in [0.25, 0.3) is 0 Å². The molecule has 5 heteroatoms. The summed E-state index contributed by atoms with van der Waals surface area (Å²) in [7, 11) is 1.30. The fourth-order valence-corrected chi connectivity index (χ4v) is 1.19. The lowest BCUT2D eigenvalue weighted by Crippen LogP contribution is -2.02. The van der Waals surface area contributed by atoms with Gasteiger partial charge in [0, 0.05) is 6.20 Å². The van der Waals surface area contributed by atoms with Crippen LogP contribution in [0.15, 0.2) is 16.9 Å². The lowest BCUT2D eigenvalue weighted by atomic mass is 10.3.